The lowest BCUT2D eigenvalue weighted by molar-refractivity contribution is 0.104. The SMILES string of the molecule is C.COc1ccccc1C(=O)/C=C/c1ccc(OC)c2ccccc12. The van der Waals surface area contributed by atoms with Crippen LogP contribution in [0.5, 0.6) is 11.5 Å². The molecule has 0 unspecified atom stereocenters. The molecule has 0 aliphatic carbocycles. The number of fused-ring (bicyclic) bond motifs is 1. The minimum Gasteiger partial charge on any atom is -0.496 e. The second-order valence-corrected chi connectivity index (χ2v) is 5.30. The minimum absolute atomic E-state index is 0. The Kier molecular flexibility index (Phi) is 5.96. The highest BCUT2D eigenvalue weighted by Gasteiger charge is 2.09. The molecule has 0 heterocycles. The van der Waals surface area contributed by atoms with Crippen LogP contribution >= 0.6 is 0 Å². The molecule has 0 atom stereocenters. The maximum atomic E-state index is 12.5. The fraction of sp³-hybridized carbons (Fsp3) is 0.136. The Morgan fingerprint density at radius 1 is 0.800 bits per heavy atom. The quantitative estimate of drug-likeness (QED) is 0.463. The van der Waals surface area contributed by atoms with Crippen molar-refractivity contribution < 1.29 is 14.3 Å². The highest BCUT2D eigenvalue weighted by Crippen LogP contribution is 2.29. The zero-order valence-electron chi connectivity index (χ0n) is 13.7. The lowest BCUT2D eigenvalue weighted by Gasteiger charge is -2.08. The molecule has 0 aliphatic rings. The fourth-order valence-electron chi connectivity index (χ4n) is 2.72. The Hall–Kier alpha value is -3.07. The van der Waals surface area contributed by atoms with Crippen LogP contribution in [0.4, 0.5) is 0 Å². The molecule has 0 saturated carbocycles. The van der Waals surface area contributed by atoms with Crippen LogP contribution in [-0.2, 0) is 0 Å². The standard InChI is InChI=1S/C21H18O3.CH4/c1-23-20-10-6-5-9-18(20)19(22)13-11-15-12-14-21(24-2)17-8-4-3-7-16(15)17;/h3-14H,1-2H3;1H4/b13-11+;. The van der Waals surface area contributed by atoms with Crippen molar-refractivity contribution in [1.82, 2.24) is 0 Å². The number of hydrogen-bond acceptors (Lipinski definition) is 3. The van der Waals surface area contributed by atoms with Gasteiger partial charge in [-0.15, -0.1) is 0 Å². The van der Waals surface area contributed by atoms with E-state index in [0.29, 0.717) is 11.3 Å². The number of carbonyl (C=O) groups is 1. The molecular weight excluding hydrogens is 312 g/mol. The maximum absolute atomic E-state index is 12.5. The first-order valence-corrected chi connectivity index (χ1v) is 7.65. The Balaban J connectivity index is 0.00000225. The van der Waals surface area contributed by atoms with Gasteiger partial charge in [0.2, 0.25) is 0 Å². The van der Waals surface area contributed by atoms with Gasteiger partial charge in [0.1, 0.15) is 11.5 Å². The van der Waals surface area contributed by atoms with Crippen LogP contribution in [0, 0.1) is 0 Å². The summed E-state index contributed by atoms with van der Waals surface area (Å²) in [5.74, 6) is 1.30. The summed E-state index contributed by atoms with van der Waals surface area (Å²) in [6.45, 7) is 0. The number of allylic oxidation sites excluding steroid dienone is 1. The summed E-state index contributed by atoms with van der Waals surface area (Å²) in [7, 11) is 3.22. The van der Waals surface area contributed by atoms with E-state index in [1.807, 2.05) is 54.6 Å². The normalized spacial score (nSPS) is 10.5. The lowest BCUT2D eigenvalue weighted by atomic mass is 10.0. The van der Waals surface area contributed by atoms with Crippen LogP contribution in [0.25, 0.3) is 16.8 Å². The van der Waals surface area contributed by atoms with E-state index in [1.165, 1.54) is 0 Å². The number of ether oxygens (including phenoxy) is 2. The van der Waals surface area contributed by atoms with Crippen LogP contribution in [0.3, 0.4) is 0 Å². The van der Waals surface area contributed by atoms with Gasteiger partial charge in [-0.1, -0.05) is 56.0 Å². The van der Waals surface area contributed by atoms with E-state index in [2.05, 4.69) is 0 Å². The van der Waals surface area contributed by atoms with Gasteiger partial charge in [-0.3, -0.25) is 4.79 Å². The summed E-state index contributed by atoms with van der Waals surface area (Å²) in [5.41, 5.74) is 1.52. The number of carbonyl (C=O) groups excluding carboxylic acids is 1. The maximum Gasteiger partial charge on any atom is 0.189 e. The van der Waals surface area contributed by atoms with E-state index in [-0.39, 0.29) is 13.2 Å². The topological polar surface area (TPSA) is 35.5 Å². The van der Waals surface area contributed by atoms with Crippen LogP contribution in [0.15, 0.2) is 66.7 Å². The smallest absolute Gasteiger partial charge is 0.189 e. The van der Waals surface area contributed by atoms with Gasteiger partial charge in [-0.05, 0) is 35.2 Å². The first-order valence-electron chi connectivity index (χ1n) is 7.65. The van der Waals surface area contributed by atoms with Crippen molar-refractivity contribution in [3.63, 3.8) is 0 Å². The van der Waals surface area contributed by atoms with Crippen molar-refractivity contribution in [2.24, 2.45) is 0 Å². The largest absolute Gasteiger partial charge is 0.496 e. The predicted octanol–water partition coefficient (Wildman–Crippen LogP) is 5.39. The number of benzene rings is 3. The number of methoxy groups -OCH3 is 2. The van der Waals surface area contributed by atoms with Crippen LogP contribution in [0.1, 0.15) is 23.3 Å². The molecule has 0 aromatic heterocycles. The second-order valence-electron chi connectivity index (χ2n) is 5.30. The highest BCUT2D eigenvalue weighted by molar-refractivity contribution is 6.09. The van der Waals surface area contributed by atoms with Gasteiger partial charge in [-0.2, -0.15) is 0 Å². The molecule has 0 saturated heterocycles. The van der Waals surface area contributed by atoms with Crippen molar-refractivity contribution >= 4 is 22.6 Å². The lowest BCUT2D eigenvalue weighted by Crippen LogP contribution is -1.98. The minimum atomic E-state index is -0.0904. The van der Waals surface area contributed by atoms with Gasteiger partial charge >= 0.3 is 0 Å². The van der Waals surface area contributed by atoms with E-state index in [9.17, 15) is 4.79 Å². The van der Waals surface area contributed by atoms with Gasteiger partial charge in [0.05, 0.1) is 19.8 Å². The third-order valence-corrected chi connectivity index (χ3v) is 3.92. The average molecular weight is 334 g/mol. The number of para-hydroxylation sites is 1. The van der Waals surface area contributed by atoms with Crippen LogP contribution < -0.4 is 9.47 Å². The van der Waals surface area contributed by atoms with Gasteiger partial charge in [0.15, 0.2) is 5.78 Å². The average Bonchev–Trinajstić information content (AvgIpc) is 2.65. The first kappa shape index (κ1) is 18.3. The summed E-state index contributed by atoms with van der Waals surface area (Å²) < 4.78 is 10.6. The van der Waals surface area contributed by atoms with Gasteiger partial charge < -0.3 is 9.47 Å². The Morgan fingerprint density at radius 3 is 2.16 bits per heavy atom. The Morgan fingerprint density at radius 2 is 1.44 bits per heavy atom. The third kappa shape index (κ3) is 3.72. The number of ketones is 1. The molecule has 3 rings (SSSR count). The third-order valence-electron chi connectivity index (χ3n) is 3.92. The molecule has 25 heavy (non-hydrogen) atoms. The van der Waals surface area contributed by atoms with Crippen molar-refractivity contribution in [2.75, 3.05) is 14.2 Å². The van der Waals surface area contributed by atoms with E-state index in [1.54, 1.807) is 32.4 Å². The van der Waals surface area contributed by atoms with E-state index >= 15 is 0 Å². The molecule has 0 radical (unpaired) electrons. The molecule has 3 aromatic rings. The van der Waals surface area contributed by atoms with Crippen LogP contribution in [0.2, 0.25) is 0 Å². The van der Waals surface area contributed by atoms with Crippen molar-refractivity contribution in [3.05, 3.63) is 77.9 Å². The van der Waals surface area contributed by atoms with Gasteiger partial charge in [0.25, 0.3) is 0 Å². The van der Waals surface area contributed by atoms with Gasteiger partial charge in [0, 0.05) is 5.39 Å². The van der Waals surface area contributed by atoms with Crippen molar-refractivity contribution in [3.8, 4) is 11.5 Å². The molecule has 3 nitrogen and oxygen atoms in total. The van der Waals surface area contributed by atoms with Crippen molar-refractivity contribution in [1.29, 1.82) is 0 Å². The summed E-state index contributed by atoms with van der Waals surface area (Å²) in [4.78, 5) is 12.5. The van der Waals surface area contributed by atoms with E-state index in [4.69, 9.17) is 9.47 Å². The molecule has 0 bridgehead atoms. The molecule has 0 aliphatic heterocycles. The summed E-state index contributed by atoms with van der Waals surface area (Å²) in [5, 5.41) is 2.06. The molecule has 0 spiro atoms. The summed E-state index contributed by atoms with van der Waals surface area (Å²) >= 11 is 0. The molecule has 128 valence electrons. The zero-order chi connectivity index (χ0) is 16.9. The highest BCUT2D eigenvalue weighted by atomic mass is 16.5. The molecule has 0 N–H and O–H groups in total. The zero-order valence-corrected chi connectivity index (χ0v) is 13.7. The van der Waals surface area contributed by atoms with Gasteiger partial charge in [-0.25, -0.2) is 0 Å². The molecule has 0 fully saturated rings. The fourth-order valence-corrected chi connectivity index (χ4v) is 2.72. The van der Waals surface area contributed by atoms with Crippen molar-refractivity contribution in [2.45, 2.75) is 7.43 Å². The Bertz CT molecular complexity index is 910. The van der Waals surface area contributed by atoms with E-state index in [0.717, 1.165) is 22.1 Å². The summed E-state index contributed by atoms with van der Waals surface area (Å²) in [6.07, 6.45) is 3.41. The molecule has 3 heteroatoms. The summed E-state index contributed by atoms with van der Waals surface area (Å²) in [6, 6.07) is 19.0. The predicted molar refractivity (Wildman–Crippen MR) is 104 cm³/mol. The van der Waals surface area contributed by atoms with E-state index < -0.39 is 0 Å². The monoisotopic (exact) mass is 334 g/mol. The first-order chi connectivity index (χ1) is 11.7. The molecular formula is C22H22O3. The Labute approximate surface area is 148 Å². The number of hydrogen-bond donors (Lipinski definition) is 0. The molecule has 3 aromatic carbocycles. The van der Waals surface area contributed by atoms with Crippen LogP contribution in [-0.4, -0.2) is 20.0 Å². The number of rotatable bonds is 5. The molecule has 0 amide bonds. The second kappa shape index (κ2) is 8.15.